The number of nitrogens with two attached hydrogens (primary N) is 2. The zero-order valence-electron chi connectivity index (χ0n) is 44.0. The Hall–Kier alpha value is -5.18. The van der Waals surface area contributed by atoms with Gasteiger partial charge < -0.3 is 31.2 Å². The van der Waals surface area contributed by atoms with E-state index in [4.69, 9.17) is 20.9 Å². The van der Waals surface area contributed by atoms with E-state index in [-0.39, 0.29) is 21.7 Å². The molecule has 6 aromatic carbocycles. The van der Waals surface area contributed by atoms with Crippen LogP contribution in [0.25, 0.3) is 0 Å². The first-order chi connectivity index (χ1) is 32.9. The maximum Gasteiger partial charge on any atom is 0.126 e. The number of hydrogen-bond donors (Lipinski definition) is 4. The molecular formula is C62H78N2O4S2. The Balaban J connectivity index is 1.41. The molecule has 6 nitrogen and oxygen atoms in total. The predicted molar refractivity (Wildman–Crippen MR) is 299 cm³/mol. The molecule has 0 spiro atoms. The number of benzene rings is 6. The van der Waals surface area contributed by atoms with Crippen molar-refractivity contribution < 1.29 is 19.7 Å². The van der Waals surface area contributed by atoms with Crippen molar-refractivity contribution >= 4 is 34.9 Å². The van der Waals surface area contributed by atoms with Crippen LogP contribution in [0.15, 0.2) is 107 Å². The van der Waals surface area contributed by atoms with Gasteiger partial charge in [-0.1, -0.05) is 156 Å². The van der Waals surface area contributed by atoms with Crippen LogP contribution in [0.5, 0.6) is 23.0 Å². The number of phenolic OH excluding ortho intramolecular Hbond substituents is 2. The van der Waals surface area contributed by atoms with Crippen LogP contribution in [0.3, 0.4) is 0 Å². The molecule has 0 radical (unpaired) electrons. The molecule has 8 heteroatoms. The second-order valence-electron chi connectivity index (χ2n) is 23.4. The number of phenols is 2. The highest BCUT2D eigenvalue weighted by Crippen LogP contribution is 2.44. The second-order valence-corrected chi connectivity index (χ2v) is 25.7. The lowest BCUT2D eigenvalue weighted by atomic mass is 9.79. The third-order valence-electron chi connectivity index (χ3n) is 13.4. The largest absolute Gasteiger partial charge is 0.507 e. The zero-order chi connectivity index (χ0) is 50.8. The molecule has 1 aliphatic rings. The molecule has 70 heavy (non-hydrogen) atoms. The number of para-hydroxylation sites is 2. The molecule has 0 amide bonds. The fraction of sp³-hybridized carbons (Fsp3) is 0.419. The Morgan fingerprint density at radius 1 is 0.414 bits per heavy atom. The van der Waals surface area contributed by atoms with Crippen molar-refractivity contribution in [3.8, 4) is 23.0 Å². The van der Waals surface area contributed by atoms with Crippen LogP contribution in [-0.2, 0) is 47.3 Å². The van der Waals surface area contributed by atoms with E-state index in [1.165, 1.54) is 11.1 Å². The van der Waals surface area contributed by atoms with E-state index >= 15 is 0 Å². The van der Waals surface area contributed by atoms with Crippen molar-refractivity contribution in [2.24, 2.45) is 0 Å². The van der Waals surface area contributed by atoms with Gasteiger partial charge in [0.15, 0.2) is 0 Å². The summed E-state index contributed by atoms with van der Waals surface area (Å²) in [5, 5.41) is 25.4. The molecule has 6 aromatic rings. The van der Waals surface area contributed by atoms with Crippen molar-refractivity contribution in [3.05, 3.63) is 164 Å². The van der Waals surface area contributed by atoms with E-state index in [1.807, 2.05) is 36.4 Å². The van der Waals surface area contributed by atoms with Crippen molar-refractivity contribution in [2.75, 3.05) is 36.2 Å². The van der Waals surface area contributed by atoms with E-state index in [2.05, 4.69) is 144 Å². The third-order valence-corrected chi connectivity index (χ3v) is 15.8. The summed E-state index contributed by atoms with van der Waals surface area (Å²) in [6.45, 7) is 27.9. The standard InChI is InChI=1S/C62H78N2O4S2/c1-59(2,3)47-31-39-27-43-35-49(61(7,8)9)37-45(57(43)67-23-17-25-69-53-21-15-13-19-51(53)63)29-41-33-48(60(4,5)6)34-42(56(41)66)30-46-38-50(62(10,11)12)36-44(28-40(32-47)55(39)65)58(46)68-24-18-26-70-54-22-16-14-20-52(54)64/h13-16,19-22,31-38,65-66H,17-18,23-30,63-64H2,1-12H3. The van der Waals surface area contributed by atoms with Gasteiger partial charge in [0.05, 0.1) is 13.2 Å². The van der Waals surface area contributed by atoms with Crippen LogP contribution in [0.4, 0.5) is 11.4 Å². The predicted octanol–water partition coefficient (Wildman–Crippen LogP) is 15.3. The van der Waals surface area contributed by atoms with Crippen LogP contribution in [0.1, 0.15) is 163 Å². The summed E-state index contributed by atoms with van der Waals surface area (Å²) in [7, 11) is 0. The first-order valence-electron chi connectivity index (χ1n) is 25.1. The highest BCUT2D eigenvalue weighted by Gasteiger charge is 2.29. The van der Waals surface area contributed by atoms with Crippen LogP contribution in [-0.4, -0.2) is 34.9 Å². The molecule has 0 saturated carbocycles. The summed E-state index contributed by atoms with van der Waals surface area (Å²) >= 11 is 3.49. The number of aromatic hydroxyl groups is 2. The van der Waals surface area contributed by atoms with Gasteiger partial charge in [-0.05, 0) is 126 Å². The molecule has 0 atom stereocenters. The highest BCUT2D eigenvalue weighted by molar-refractivity contribution is 7.99. The fourth-order valence-corrected chi connectivity index (χ4v) is 10.9. The number of anilines is 2. The number of thioether (sulfide) groups is 2. The van der Waals surface area contributed by atoms with E-state index in [9.17, 15) is 10.2 Å². The molecule has 6 N–H and O–H groups in total. The lowest BCUT2D eigenvalue weighted by Gasteiger charge is -2.28. The summed E-state index contributed by atoms with van der Waals surface area (Å²) in [5.41, 5.74) is 25.6. The third kappa shape index (κ3) is 12.8. The number of ether oxygens (including phenoxy) is 2. The van der Waals surface area contributed by atoms with E-state index < -0.39 is 0 Å². The molecule has 0 unspecified atom stereocenters. The molecule has 0 saturated heterocycles. The lowest BCUT2D eigenvalue weighted by molar-refractivity contribution is 0.312. The van der Waals surface area contributed by atoms with Crippen molar-refractivity contribution in [1.29, 1.82) is 0 Å². The number of rotatable bonds is 12. The maximum absolute atomic E-state index is 12.7. The summed E-state index contributed by atoms with van der Waals surface area (Å²) in [6, 6.07) is 34.0. The van der Waals surface area contributed by atoms with Gasteiger partial charge in [-0.2, -0.15) is 0 Å². The quantitative estimate of drug-likeness (QED) is 0.0544. The Kier molecular flexibility index (Phi) is 16.0. The zero-order valence-corrected chi connectivity index (χ0v) is 45.6. The van der Waals surface area contributed by atoms with Crippen LogP contribution >= 0.6 is 23.5 Å². The van der Waals surface area contributed by atoms with Gasteiger partial charge >= 0.3 is 0 Å². The molecule has 0 aliphatic heterocycles. The van der Waals surface area contributed by atoms with E-state index in [1.54, 1.807) is 23.5 Å². The average molecular weight is 979 g/mol. The lowest BCUT2D eigenvalue weighted by Crippen LogP contribution is -2.17. The summed E-state index contributed by atoms with van der Waals surface area (Å²) in [5.74, 6) is 3.93. The summed E-state index contributed by atoms with van der Waals surface area (Å²) in [4.78, 5) is 2.15. The minimum Gasteiger partial charge on any atom is -0.507 e. The van der Waals surface area contributed by atoms with E-state index in [0.29, 0.717) is 50.4 Å². The normalized spacial score (nSPS) is 13.3. The monoisotopic (exact) mass is 979 g/mol. The summed E-state index contributed by atoms with van der Waals surface area (Å²) in [6.07, 6.45) is 3.46. The van der Waals surface area contributed by atoms with Crippen molar-refractivity contribution in [3.63, 3.8) is 0 Å². The molecule has 1 aliphatic carbocycles. The second kappa shape index (κ2) is 21.3. The van der Waals surface area contributed by atoms with Crippen molar-refractivity contribution in [1.82, 2.24) is 0 Å². The van der Waals surface area contributed by atoms with Gasteiger partial charge in [-0.15, -0.1) is 23.5 Å². The SMILES string of the molecule is CC(C)(C)c1cc2c(O)c(c1)Cc1cc(C(C)(C)C)cc(c1OCCCSc1ccccc1N)Cc1cc(C(C)(C)C)cc(c1O)Cc1cc(C(C)(C)C)cc(c1OCCCSc1ccccc1N)C2. The Labute approximate surface area is 428 Å². The molecule has 8 bridgehead atoms. The summed E-state index contributed by atoms with van der Waals surface area (Å²) < 4.78 is 14.0. The van der Waals surface area contributed by atoms with Gasteiger partial charge in [0, 0.05) is 58.4 Å². The molecule has 7 rings (SSSR count). The first-order valence-corrected chi connectivity index (χ1v) is 27.1. The van der Waals surface area contributed by atoms with Crippen LogP contribution in [0, 0.1) is 0 Å². The Morgan fingerprint density at radius 2 is 0.671 bits per heavy atom. The van der Waals surface area contributed by atoms with Gasteiger partial charge in [0.1, 0.15) is 23.0 Å². The molecule has 0 heterocycles. The molecular weight excluding hydrogens is 901 g/mol. The number of nitrogen functional groups attached to an aromatic ring is 2. The highest BCUT2D eigenvalue weighted by atomic mass is 32.2. The minimum absolute atomic E-state index is 0.187. The topological polar surface area (TPSA) is 111 Å². The molecule has 0 aromatic heterocycles. The van der Waals surface area contributed by atoms with Gasteiger partial charge in [-0.25, -0.2) is 0 Å². The average Bonchev–Trinajstić information content (AvgIpc) is 3.26. The molecule has 372 valence electrons. The van der Waals surface area contributed by atoms with Gasteiger partial charge in [0.25, 0.3) is 0 Å². The number of hydrogen-bond acceptors (Lipinski definition) is 8. The molecule has 0 fully saturated rings. The van der Waals surface area contributed by atoms with Crippen LogP contribution < -0.4 is 20.9 Å². The minimum atomic E-state index is -0.196. The Morgan fingerprint density at radius 3 is 0.929 bits per heavy atom. The fourth-order valence-electron chi connectivity index (χ4n) is 9.07. The van der Waals surface area contributed by atoms with Crippen molar-refractivity contribution in [2.45, 2.75) is 153 Å². The smallest absolute Gasteiger partial charge is 0.126 e. The van der Waals surface area contributed by atoms with Crippen LogP contribution in [0.2, 0.25) is 0 Å². The van der Waals surface area contributed by atoms with Gasteiger partial charge in [-0.3, -0.25) is 0 Å². The Bertz CT molecular complexity index is 2530. The maximum atomic E-state index is 12.7. The van der Waals surface area contributed by atoms with E-state index in [0.717, 1.165) is 113 Å². The van der Waals surface area contributed by atoms with Gasteiger partial charge in [0.2, 0.25) is 0 Å². The number of fused-ring (bicyclic) bond motifs is 8. The first kappa shape index (κ1) is 52.6.